The number of amides is 1. The number of carbonyl (C=O) groups is 1. The van der Waals surface area contributed by atoms with Crippen molar-refractivity contribution in [3.63, 3.8) is 0 Å². The van der Waals surface area contributed by atoms with Gasteiger partial charge in [-0.2, -0.15) is 0 Å². The highest BCUT2D eigenvalue weighted by atomic mass is 16.5. The number of hydrogen-bond acceptors (Lipinski definition) is 3. The fourth-order valence-corrected chi connectivity index (χ4v) is 6.74. The standard InChI is InChI=1S/C29H30N2O2/c1-33-25-10-6-5-9-22(25)17-30-29(32)21-13-14-24-23(16-21)26-19-11-12-20(15-19)27(26)28(31-24)18-7-3-2-4-8-18/h2-10,13-14,16,19-20,26-28,31H,11-12,15,17H2,1H3,(H,30,32)/t19-,20-,26-,27-,28-/m0/s1. The fourth-order valence-electron chi connectivity index (χ4n) is 6.74. The van der Waals surface area contributed by atoms with Crippen molar-refractivity contribution in [3.8, 4) is 5.75 Å². The number of ether oxygens (including phenoxy) is 1. The fraction of sp³-hybridized carbons (Fsp3) is 0.345. The van der Waals surface area contributed by atoms with Gasteiger partial charge in [0.2, 0.25) is 0 Å². The second-order valence-electron chi connectivity index (χ2n) is 9.77. The van der Waals surface area contributed by atoms with Crippen LogP contribution in [-0.2, 0) is 6.54 Å². The van der Waals surface area contributed by atoms with Crippen LogP contribution in [0.1, 0.15) is 58.3 Å². The summed E-state index contributed by atoms with van der Waals surface area (Å²) in [5.41, 5.74) is 5.63. The largest absolute Gasteiger partial charge is 0.496 e. The third kappa shape index (κ3) is 3.49. The molecule has 168 valence electrons. The Morgan fingerprint density at radius 3 is 2.64 bits per heavy atom. The molecule has 0 saturated heterocycles. The molecule has 1 aliphatic heterocycles. The van der Waals surface area contributed by atoms with Gasteiger partial charge < -0.3 is 15.4 Å². The molecule has 1 heterocycles. The van der Waals surface area contributed by atoms with E-state index in [4.69, 9.17) is 4.74 Å². The van der Waals surface area contributed by atoms with Gasteiger partial charge in [-0.25, -0.2) is 0 Å². The zero-order valence-corrected chi connectivity index (χ0v) is 19.0. The number of rotatable bonds is 5. The van der Waals surface area contributed by atoms with Crippen LogP contribution in [0.5, 0.6) is 5.75 Å². The Balaban J connectivity index is 1.28. The molecule has 0 aromatic heterocycles. The topological polar surface area (TPSA) is 50.4 Å². The van der Waals surface area contributed by atoms with E-state index in [1.165, 1.54) is 36.1 Å². The molecule has 1 amide bonds. The van der Waals surface area contributed by atoms with Crippen LogP contribution in [0.3, 0.4) is 0 Å². The second kappa shape index (κ2) is 8.26. The molecular formula is C29H30N2O2. The van der Waals surface area contributed by atoms with E-state index < -0.39 is 0 Å². The molecule has 3 aliphatic rings. The second-order valence-corrected chi connectivity index (χ2v) is 9.77. The van der Waals surface area contributed by atoms with Crippen LogP contribution in [0.25, 0.3) is 0 Å². The maximum absolute atomic E-state index is 13.1. The van der Waals surface area contributed by atoms with Crippen molar-refractivity contribution in [1.82, 2.24) is 5.32 Å². The summed E-state index contributed by atoms with van der Waals surface area (Å²) < 4.78 is 5.42. The summed E-state index contributed by atoms with van der Waals surface area (Å²) in [6.45, 7) is 0.449. The van der Waals surface area contributed by atoms with Gasteiger partial charge in [-0.1, -0.05) is 48.5 Å². The highest BCUT2D eigenvalue weighted by Crippen LogP contribution is 2.63. The quantitative estimate of drug-likeness (QED) is 0.520. The number of methoxy groups -OCH3 is 1. The predicted octanol–water partition coefficient (Wildman–Crippen LogP) is 5.92. The summed E-state index contributed by atoms with van der Waals surface area (Å²) in [6, 6.07) is 25.3. The predicted molar refractivity (Wildman–Crippen MR) is 130 cm³/mol. The van der Waals surface area contributed by atoms with E-state index >= 15 is 0 Å². The molecule has 2 bridgehead atoms. The number of anilines is 1. The average molecular weight is 439 g/mol. The molecule has 4 heteroatoms. The molecule has 2 saturated carbocycles. The lowest BCUT2D eigenvalue weighted by molar-refractivity contribution is 0.0950. The first kappa shape index (κ1) is 20.3. The van der Waals surface area contributed by atoms with Crippen molar-refractivity contribution >= 4 is 11.6 Å². The van der Waals surface area contributed by atoms with Crippen molar-refractivity contribution in [2.75, 3.05) is 12.4 Å². The van der Waals surface area contributed by atoms with E-state index in [-0.39, 0.29) is 5.91 Å². The van der Waals surface area contributed by atoms with Crippen LogP contribution < -0.4 is 15.4 Å². The summed E-state index contributed by atoms with van der Waals surface area (Å²) in [6.07, 6.45) is 3.98. The molecule has 5 atom stereocenters. The van der Waals surface area contributed by atoms with Crippen molar-refractivity contribution < 1.29 is 9.53 Å². The Bertz CT molecular complexity index is 1180. The average Bonchev–Trinajstić information content (AvgIpc) is 3.50. The summed E-state index contributed by atoms with van der Waals surface area (Å²) in [5.74, 6) is 3.41. The number of nitrogens with one attached hydrogen (secondary N) is 2. The molecule has 4 nitrogen and oxygen atoms in total. The third-order valence-electron chi connectivity index (χ3n) is 8.14. The normalized spacial score (nSPS) is 26.8. The Morgan fingerprint density at radius 1 is 1.00 bits per heavy atom. The molecule has 6 rings (SSSR count). The maximum atomic E-state index is 13.1. The van der Waals surface area contributed by atoms with Gasteiger partial charge in [-0.3, -0.25) is 4.79 Å². The molecule has 0 radical (unpaired) electrons. The van der Waals surface area contributed by atoms with Crippen molar-refractivity contribution in [2.45, 2.75) is 37.8 Å². The van der Waals surface area contributed by atoms with Crippen LogP contribution in [0.15, 0.2) is 72.8 Å². The lowest BCUT2D eigenvalue weighted by atomic mass is 9.68. The zero-order valence-electron chi connectivity index (χ0n) is 19.0. The minimum Gasteiger partial charge on any atom is -0.496 e. The van der Waals surface area contributed by atoms with Crippen LogP contribution in [0.2, 0.25) is 0 Å². The first-order valence-electron chi connectivity index (χ1n) is 12.1. The molecule has 0 unspecified atom stereocenters. The minimum absolute atomic E-state index is 0.0337. The number of benzene rings is 3. The maximum Gasteiger partial charge on any atom is 0.251 e. The molecule has 2 fully saturated rings. The van der Waals surface area contributed by atoms with E-state index in [1.54, 1.807) is 7.11 Å². The molecule has 33 heavy (non-hydrogen) atoms. The van der Waals surface area contributed by atoms with E-state index in [2.05, 4.69) is 53.1 Å². The molecular weight excluding hydrogens is 408 g/mol. The Labute approximate surface area is 195 Å². The lowest BCUT2D eigenvalue weighted by Crippen LogP contribution is -2.35. The van der Waals surface area contributed by atoms with Gasteiger partial charge >= 0.3 is 0 Å². The van der Waals surface area contributed by atoms with E-state index in [1.807, 2.05) is 30.3 Å². The lowest BCUT2D eigenvalue weighted by Gasteiger charge is -2.43. The highest BCUT2D eigenvalue weighted by molar-refractivity contribution is 5.95. The van der Waals surface area contributed by atoms with Gasteiger partial charge in [-0.15, -0.1) is 0 Å². The first-order chi connectivity index (χ1) is 16.2. The minimum atomic E-state index is -0.0337. The zero-order chi connectivity index (χ0) is 22.4. The van der Waals surface area contributed by atoms with Gasteiger partial charge in [0.25, 0.3) is 5.91 Å². The Hall–Kier alpha value is -3.27. The van der Waals surface area contributed by atoms with Gasteiger partial charge in [0.15, 0.2) is 0 Å². The SMILES string of the molecule is COc1ccccc1CNC(=O)c1ccc2c(c1)[C@@H]1[C@H]3CC[C@@H](C3)[C@@H]1[C@H](c1ccccc1)N2. The summed E-state index contributed by atoms with van der Waals surface area (Å²) in [5, 5.41) is 6.95. The molecule has 0 spiro atoms. The van der Waals surface area contributed by atoms with Crippen LogP contribution in [0, 0.1) is 17.8 Å². The van der Waals surface area contributed by atoms with Crippen molar-refractivity contribution in [2.24, 2.45) is 17.8 Å². The first-order valence-corrected chi connectivity index (χ1v) is 12.1. The molecule has 2 N–H and O–H groups in total. The van der Waals surface area contributed by atoms with Gasteiger partial charge in [0, 0.05) is 23.4 Å². The van der Waals surface area contributed by atoms with E-state index in [0.717, 1.165) is 28.7 Å². The van der Waals surface area contributed by atoms with Gasteiger partial charge in [-0.05, 0) is 78.3 Å². The summed E-state index contributed by atoms with van der Waals surface area (Å²) in [7, 11) is 1.66. The van der Waals surface area contributed by atoms with Crippen molar-refractivity contribution in [3.05, 3.63) is 95.1 Å². The number of carbonyl (C=O) groups excluding carboxylic acids is 1. The van der Waals surface area contributed by atoms with Gasteiger partial charge in [0.05, 0.1) is 13.2 Å². The Morgan fingerprint density at radius 2 is 1.79 bits per heavy atom. The highest BCUT2D eigenvalue weighted by Gasteiger charge is 2.53. The summed E-state index contributed by atoms with van der Waals surface area (Å²) in [4.78, 5) is 13.1. The van der Waals surface area contributed by atoms with Crippen LogP contribution >= 0.6 is 0 Å². The molecule has 3 aromatic carbocycles. The molecule has 2 aliphatic carbocycles. The molecule has 3 aromatic rings. The van der Waals surface area contributed by atoms with Crippen LogP contribution in [0.4, 0.5) is 5.69 Å². The monoisotopic (exact) mass is 438 g/mol. The van der Waals surface area contributed by atoms with Crippen LogP contribution in [-0.4, -0.2) is 13.0 Å². The van der Waals surface area contributed by atoms with Crippen molar-refractivity contribution in [1.29, 1.82) is 0 Å². The number of hydrogen-bond donors (Lipinski definition) is 2. The summed E-state index contributed by atoms with van der Waals surface area (Å²) >= 11 is 0. The number of para-hydroxylation sites is 1. The number of fused-ring (bicyclic) bond motifs is 7. The van der Waals surface area contributed by atoms with Gasteiger partial charge in [0.1, 0.15) is 5.75 Å². The Kier molecular flexibility index (Phi) is 5.09. The van der Waals surface area contributed by atoms with E-state index in [0.29, 0.717) is 24.4 Å². The third-order valence-corrected chi connectivity index (χ3v) is 8.14. The smallest absolute Gasteiger partial charge is 0.251 e. The van der Waals surface area contributed by atoms with E-state index in [9.17, 15) is 4.79 Å².